The summed E-state index contributed by atoms with van der Waals surface area (Å²) in [6, 6.07) is 13.6. The van der Waals surface area contributed by atoms with Crippen molar-refractivity contribution in [3.05, 3.63) is 71.3 Å². The SMILES string of the molecule is C=CC[C@H](CC)CCN1CC(CCCc2cccc(Cl)c2)COc2ccc(C(N)=O)cc21. The van der Waals surface area contributed by atoms with Crippen molar-refractivity contribution in [2.24, 2.45) is 17.6 Å². The van der Waals surface area contributed by atoms with E-state index in [0.717, 1.165) is 68.1 Å². The smallest absolute Gasteiger partial charge is 0.248 e. The molecule has 172 valence electrons. The predicted molar refractivity (Wildman–Crippen MR) is 134 cm³/mol. The molecule has 4 nitrogen and oxygen atoms in total. The fourth-order valence-electron chi connectivity index (χ4n) is 4.45. The number of hydrogen-bond acceptors (Lipinski definition) is 3. The van der Waals surface area contributed by atoms with Gasteiger partial charge in [-0.2, -0.15) is 0 Å². The second-order valence-electron chi connectivity index (χ2n) is 8.78. The van der Waals surface area contributed by atoms with Gasteiger partial charge < -0.3 is 15.4 Å². The highest BCUT2D eigenvalue weighted by molar-refractivity contribution is 6.30. The number of benzene rings is 2. The summed E-state index contributed by atoms with van der Waals surface area (Å²) < 4.78 is 6.20. The summed E-state index contributed by atoms with van der Waals surface area (Å²) in [4.78, 5) is 14.2. The number of carbonyl (C=O) groups is 1. The molecule has 2 aromatic rings. The minimum absolute atomic E-state index is 0.409. The first-order valence-corrected chi connectivity index (χ1v) is 12.0. The molecule has 0 spiro atoms. The molecule has 0 saturated carbocycles. The lowest BCUT2D eigenvalue weighted by Crippen LogP contribution is -2.32. The van der Waals surface area contributed by atoms with E-state index in [1.807, 2.05) is 36.4 Å². The summed E-state index contributed by atoms with van der Waals surface area (Å²) >= 11 is 6.13. The molecule has 1 unspecified atom stereocenters. The van der Waals surface area contributed by atoms with Gasteiger partial charge in [0, 0.05) is 29.6 Å². The van der Waals surface area contributed by atoms with Crippen LogP contribution in [0.5, 0.6) is 5.75 Å². The van der Waals surface area contributed by atoms with Crippen LogP contribution in [0.15, 0.2) is 55.1 Å². The first-order chi connectivity index (χ1) is 15.5. The van der Waals surface area contributed by atoms with Crippen LogP contribution in [0.2, 0.25) is 5.02 Å². The number of hydrogen-bond donors (Lipinski definition) is 1. The number of fused-ring (bicyclic) bond motifs is 1. The number of rotatable bonds is 11. The van der Waals surface area contributed by atoms with Crippen LogP contribution in [0, 0.1) is 11.8 Å². The highest BCUT2D eigenvalue weighted by Crippen LogP contribution is 2.35. The van der Waals surface area contributed by atoms with Crippen molar-refractivity contribution in [3.63, 3.8) is 0 Å². The Morgan fingerprint density at radius 2 is 2.19 bits per heavy atom. The maximum atomic E-state index is 11.8. The molecule has 3 rings (SSSR count). The third-order valence-corrected chi connectivity index (χ3v) is 6.62. The van der Waals surface area contributed by atoms with E-state index in [1.54, 1.807) is 6.07 Å². The average Bonchev–Trinajstić information content (AvgIpc) is 2.95. The fourth-order valence-corrected chi connectivity index (χ4v) is 4.66. The van der Waals surface area contributed by atoms with Crippen molar-refractivity contribution >= 4 is 23.2 Å². The summed E-state index contributed by atoms with van der Waals surface area (Å²) in [5, 5.41) is 0.789. The summed E-state index contributed by atoms with van der Waals surface area (Å²) in [5.74, 6) is 1.45. The molecular weight excluding hydrogens is 420 g/mol. The van der Waals surface area contributed by atoms with Crippen molar-refractivity contribution in [2.75, 3.05) is 24.6 Å². The minimum atomic E-state index is -0.409. The minimum Gasteiger partial charge on any atom is -0.491 e. The monoisotopic (exact) mass is 454 g/mol. The van der Waals surface area contributed by atoms with Crippen molar-refractivity contribution in [1.29, 1.82) is 0 Å². The second kappa shape index (κ2) is 12.0. The van der Waals surface area contributed by atoms with Crippen LogP contribution < -0.4 is 15.4 Å². The van der Waals surface area contributed by atoms with Crippen LogP contribution >= 0.6 is 11.6 Å². The molecular formula is C27H35ClN2O2. The van der Waals surface area contributed by atoms with Gasteiger partial charge in [0.25, 0.3) is 0 Å². The number of nitrogens with zero attached hydrogens (tertiary/aromatic N) is 1. The Labute approximate surface area is 197 Å². The second-order valence-corrected chi connectivity index (χ2v) is 9.22. The van der Waals surface area contributed by atoms with Crippen LogP contribution in [0.25, 0.3) is 0 Å². The van der Waals surface area contributed by atoms with Crippen LogP contribution in [-0.4, -0.2) is 25.6 Å². The zero-order chi connectivity index (χ0) is 22.9. The average molecular weight is 455 g/mol. The van der Waals surface area contributed by atoms with E-state index in [9.17, 15) is 4.79 Å². The third kappa shape index (κ3) is 6.77. The largest absolute Gasteiger partial charge is 0.491 e. The van der Waals surface area contributed by atoms with E-state index in [4.69, 9.17) is 22.1 Å². The molecule has 1 heterocycles. The molecule has 32 heavy (non-hydrogen) atoms. The molecule has 0 aromatic heterocycles. The summed E-state index contributed by atoms with van der Waals surface area (Å²) in [6.45, 7) is 8.66. The van der Waals surface area contributed by atoms with E-state index in [1.165, 1.54) is 5.56 Å². The Morgan fingerprint density at radius 1 is 1.34 bits per heavy atom. The number of primary amides is 1. The van der Waals surface area contributed by atoms with Gasteiger partial charge in [-0.05, 0) is 73.9 Å². The summed E-state index contributed by atoms with van der Waals surface area (Å²) in [6.07, 6.45) is 8.41. The maximum absolute atomic E-state index is 11.8. The van der Waals surface area contributed by atoms with Crippen LogP contribution in [-0.2, 0) is 6.42 Å². The molecule has 0 bridgehead atoms. The van der Waals surface area contributed by atoms with Gasteiger partial charge in [0.15, 0.2) is 0 Å². The lowest BCUT2D eigenvalue weighted by Gasteiger charge is -2.28. The number of aryl methyl sites for hydroxylation is 1. The lowest BCUT2D eigenvalue weighted by molar-refractivity contribution is 0.100. The first-order valence-electron chi connectivity index (χ1n) is 11.7. The predicted octanol–water partition coefficient (Wildman–Crippen LogP) is 6.27. The number of nitrogens with two attached hydrogens (primary N) is 1. The zero-order valence-corrected chi connectivity index (χ0v) is 19.8. The van der Waals surface area contributed by atoms with Crippen LogP contribution in [0.4, 0.5) is 5.69 Å². The lowest BCUT2D eigenvalue weighted by atomic mass is 9.96. The summed E-state index contributed by atoms with van der Waals surface area (Å²) in [7, 11) is 0. The third-order valence-electron chi connectivity index (χ3n) is 6.39. The Balaban J connectivity index is 1.71. The number of ether oxygens (including phenoxy) is 1. The highest BCUT2D eigenvalue weighted by Gasteiger charge is 2.24. The van der Waals surface area contributed by atoms with Gasteiger partial charge in [-0.25, -0.2) is 0 Å². The van der Waals surface area contributed by atoms with E-state index in [-0.39, 0.29) is 0 Å². The maximum Gasteiger partial charge on any atom is 0.248 e. The van der Waals surface area contributed by atoms with Crippen LogP contribution in [0.3, 0.4) is 0 Å². The highest BCUT2D eigenvalue weighted by atomic mass is 35.5. The number of allylic oxidation sites excluding steroid dienone is 1. The number of carbonyl (C=O) groups excluding carboxylic acids is 1. The molecule has 1 aliphatic heterocycles. The Hall–Kier alpha value is -2.46. The van der Waals surface area contributed by atoms with Gasteiger partial charge in [0.05, 0.1) is 12.3 Å². The van der Waals surface area contributed by atoms with E-state index < -0.39 is 5.91 Å². The summed E-state index contributed by atoms with van der Waals surface area (Å²) in [5.41, 5.74) is 8.33. The molecule has 0 radical (unpaired) electrons. The molecule has 0 saturated heterocycles. The normalized spacial score (nSPS) is 16.6. The fraction of sp³-hybridized carbons (Fsp3) is 0.444. The Bertz CT molecular complexity index is 914. The molecule has 2 aromatic carbocycles. The van der Waals surface area contributed by atoms with E-state index in [0.29, 0.717) is 24.0 Å². The topological polar surface area (TPSA) is 55.6 Å². The van der Waals surface area contributed by atoms with Gasteiger partial charge in [-0.15, -0.1) is 6.58 Å². The van der Waals surface area contributed by atoms with Crippen LogP contribution in [0.1, 0.15) is 54.9 Å². The first kappa shape index (κ1) is 24.2. The molecule has 0 aliphatic carbocycles. The van der Waals surface area contributed by atoms with Gasteiger partial charge in [-0.1, -0.05) is 43.2 Å². The molecule has 0 fully saturated rings. The van der Waals surface area contributed by atoms with Crippen molar-refractivity contribution < 1.29 is 9.53 Å². The molecule has 5 heteroatoms. The van der Waals surface area contributed by atoms with Gasteiger partial charge in [0.1, 0.15) is 5.75 Å². The van der Waals surface area contributed by atoms with Gasteiger partial charge >= 0.3 is 0 Å². The Kier molecular flexibility index (Phi) is 9.04. The number of amides is 1. The molecule has 2 atom stereocenters. The number of anilines is 1. The molecule has 1 amide bonds. The van der Waals surface area contributed by atoms with Crippen molar-refractivity contribution in [1.82, 2.24) is 0 Å². The Morgan fingerprint density at radius 3 is 2.91 bits per heavy atom. The van der Waals surface area contributed by atoms with Gasteiger partial charge in [-0.3, -0.25) is 4.79 Å². The van der Waals surface area contributed by atoms with Crippen molar-refractivity contribution in [3.8, 4) is 5.75 Å². The van der Waals surface area contributed by atoms with Gasteiger partial charge in [0.2, 0.25) is 5.91 Å². The molecule has 1 aliphatic rings. The molecule has 2 N–H and O–H groups in total. The standard InChI is InChI=1S/C27H35ClN2O2/c1-3-7-20(4-2)14-15-30-18-22(10-5-8-21-9-6-11-24(28)16-21)19-32-26-13-12-23(27(29)31)17-25(26)30/h3,6,9,11-13,16-17,20,22H,1,4-5,7-8,10,14-15,18-19H2,2H3,(H2,29,31)/t20-,22?/m0/s1. The van der Waals surface area contributed by atoms with E-state index in [2.05, 4.69) is 24.5 Å². The zero-order valence-electron chi connectivity index (χ0n) is 19.1. The quantitative estimate of drug-likeness (QED) is 0.407. The number of halogens is 1. The van der Waals surface area contributed by atoms with E-state index >= 15 is 0 Å². The van der Waals surface area contributed by atoms with Crippen molar-refractivity contribution in [2.45, 2.75) is 45.4 Å².